The van der Waals surface area contributed by atoms with Gasteiger partial charge in [0.05, 0.1) is 106 Å². The quantitative estimate of drug-likeness (QED) is 0.0185. The first-order chi connectivity index (χ1) is 60.2. The van der Waals surface area contributed by atoms with Crippen molar-refractivity contribution in [3.63, 3.8) is 0 Å². The van der Waals surface area contributed by atoms with Crippen LogP contribution < -0.4 is 55.4 Å². The number of nitrogens with zero attached hydrogens (tertiary/aromatic N) is 14. The molecule has 0 bridgehead atoms. The number of hydrogen-bond donors (Lipinski definition) is 4. The first-order valence-corrected chi connectivity index (χ1v) is 40.6. The van der Waals surface area contributed by atoms with Crippen LogP contribution in [-0.2, 0) is 18.9 Å². The van der Waals surface area contributed by atoms with Crippen molar-refractivity contribution >= 4 is 117 Å². The third-order valence-electron chi connectivity index (χ3n) is 19.9. The van der Waals surface area contributed by atoms with E-state index in [0.717, 1.165) is 66.2 Å². The van der Waals surface area contributed by atoms with Gasteiger partial charge in [0.25, 0.3) is 0 Å². The monoisotopic (exact) mass is 1690 g/mol. The topological polar surface area (TPSA) is 384 Å². The van der Waals surface area contributed by atoms with Crippen molar-refractivity contribution in [3.8, 4) is 34.1 Å². The molecule has 0 radical (unpaired) electrons. The Morgan fingerprint density at radius 1 is 0.264 bits per heavy atom. The summed E-state index contributed by atoms with van der Waals surface area (Å²) >= 11 is 0. The smallest absolute Gasteiger partial charge is 0.411 e. The van der Waals surface area contributed by atoms with Gasteiger partial charge in [-0.1, -0.05) is 108 Å². The molecule has 0 saturated carbocycles. The Labute approximate surface area is 718 Å². The molecule has 2 aromatic heterocycles. The highest BCUT2D eigenvalue weighted by molar-refractivity contribution is 5.89. The molecular formula is C93H94N18O14. The maximum atomic E-state index is 16.0. The molecule has 0 aliphatic rings. The largest absolute Gasteiger partial charge is 0.449 e. The SMILES string of the molecule is CCCCOC(=O)Nc1cc(N=C=Nc2ccc(C)c(-n3c(=O)n(-c4cc(N=C=Nc5ccc(C)c(NC(=O)OCCCC)c5)ccc4C)c(=O)n(-c4cc(-n5c(=O)n(-c6ccc(C)c(N=C=Nc7ccc(C)c(NC(=O)OCCCC)c7)c6)c(=O)n(-c6ccc(C)c(N=C=Nc7ccc(C)c(NC(=O)OCCCC)c7)c6)c5=O)ccc4C)c3=O)c2)ccc1C. The molecule has 0 aliphatic carbocycles. The van der Waals surface area contributed by atoms with Gasteiger partial charge in [-0.2, -0.15) is 39.9 Å². The van der Waals surface area contributed by atoms with Gasteiger partial charge < -0.3 is 18.9 Å². The van der Waals surface area contributed by atoms with Crippen molar-refractivity contribution < 1.29 is 38.1 Å². The fraction of sp³-hybridized carbons (Fsp3) is 0.269. The molecule has 11 rings (SSSR count). The van der Waals surface area contributed by atoms with Crippen LogP contribution in [0.3, 0.4) is 0 Å². The molecule has 0 aliphatic heterocycles. The lowest BCUT2D eigenvalue weighted by atomic mass is 10.1. The molecule has 0 atom stereocenters. The Kier molecular flexibility index (Phi) is 30.3. The molecule has 11 aromatic rings. The van der Waals surface area contributed by atoms with Gasteiger partial charge in [0.1, 0.15) is 24.0 Å². The zero-order chi connectivity index (χ0) is 89.5. The van der Waals surface area contributed by atoms with Crippen LogP contribution in [0.5, 0.6) is 0 Å². The molecule has 0 fully saturated rings. The van der Waals surface area contributed by atoms with E-state index in [2.05, 4.69) is 85.2 Å². The van der Waals surface area contributed by atoms with Gasteiger partial charge in [0, 0.05) is 22.7 Å². The van der Waals surface area contributed by atoms with E-state index in [1.165, 1.54) is 54.6 Å². The van der Waals surface area contributed by atoms with Crippen LogP contribution >= 0.6 is 0 Å². The first kappa shape index (κ1) is 90.2. The second kappa shape index (κ2) is 42.1. The zero-order valence-electron chi connectivity index (χ0n) is 71.6. The number of anilines is 4. The number of carbonyl (C=O) groups is 4. The summed E-state index contributed by atoms with van der Waals surface area (Å²) in [6.07, 6.45) is 3.51. The fourth-order valence-electron chi connectivity index (χ4n) is 12.5. The number of hydrogen-bond acceptors (Lipinski definition) is 22. The molecule has 32 nitrogen and oxygen atoms in total. The number of benzene rings is 9. The van der Waals surface area contributed by atoms with Crippen molar-refractivity contribution in [2.45, 2.75) is 141 Å². The van der Waals surface area contributed by atoms with E-state index in [1.807, 2.05) is 27.7 Å². The first-order valence-electron chi connectivity index (χ1n) is 40.6. The summed E-state index contributed by atoms with van der Waals surface area (Å²) in [4.78, 5) is 182. The highest BCUT2D eigenvalue weighted by Crippen LogP contribution is 2.31. The van der Waals surface area contributed by atoms with Gasteiger partial charge in [-0.25, -0.2) is 75.3 Å². The van der Waals surface area contributed by atoms with Gasteiger partial charge >= 0.3 is 58.5 Å². The lowest BCUT2D eigenvalue weighted by Crippen LogP contribution is -2.53. The van der Waals surface area contributed by atoms with E-state index < -0.39 is 58.5 Å². The number of aliphatic imine (C=N–C) groups is 8. The van der Waals surface area contributed by atoms with E-state index in [4.69, 9.17) is 18.9 Å². The summed E-state index contributed by atoms with van der Waals surface area (Å²) < 4.78 is 25.7. The van der Waals surface area contributed by atoms with E-state index >= 15 is 28.8 Å². The molecule has 9 aromatic carbocycles. The normalized spacial score (nSPS) is 10.7. The maximum absolute atomic E-state index is 16.0. The Balaban J connectivity index is 1.09. The predicted octanol–water partition coefficient (Wildman–Crippen LogP) is 19.3. The molecule has 0 spiro atoms. The standard InChI is InChI=1S/C93H94N18O14/c1-14-18-40-122-84(112)102-77-44-66(31-22-59(77)7)94-53-96-70-35-26-63(11)81(48-70)109-91(119)110(82-49-71(36-27-64(82)12)97-54-95-67-32-23-60(8)78(45-67)103-85(113)123-41-19-15-2)93(121)111(92(109)120)83-52-74(39-30-65(83)13)108-89(117)106(72-37-28-57(5)75(50-72)100-55-98-68-33-24-61(9)79(46-68)104-86(114)124-42-20-16-3)88(116)107(90(108)118)73-38-29-58(6)76(51-73)101-56-99-69-34-25-62(10)80(47-69)105-87(115)125-43-21-17-4/h22-39,44-52H,14-21,40-43H2,1-13H3,(H,102,112)(H,103,113)(H,104,114)(H,105,115). The van der Waals surface area contributed by atoms with Crippen LogP contribution in [0.15, 0.2) is 232 Å². The summed E-state index contributed by atoms with van der Waals surface area (Å²) in [5.74, 6) is 0. The molecule has 0 unspecified atom stereocenters. The number of ether oxygens (including phenoxy) is 4. The molecule has 4 amide bonds. The molecule has 640 valence electrons. The van der Waals surface area contributed by atoms with Crippen molar-refractivity contribution in [3.05, 3.63) is 277 Å². The van der Waals surface area contributed by atoms with Crippen molar-refractivity contribution in [1.29, 1.82) is 0 Å². The number of rotatable bonds is 30. The van der Waals surface area contributed by atoms with Gasteiger partial charge in [0.15, 0.2) is 0 Å². The lowest BCUT2D eigenvalue weighted by Gasteiger charge is -2.19. The Morgan fingerprint density at radius 3 is 0.752 bits per heavy atom. The van der Waals surface area contributed by atoms with Gasteiger partial charge in [-0.05, 0) is 247 Å². The van der Waals surface area contributed by atoms with Crippen LogP contribution in [0.25, 0.3) is 34.1 Å². The Morgan fingerprint density at radius 2 is 0.480 bits per heavy atom. The third kappa shape index (κ3) is 22.5. The molecular weight excluding hydrogens is 1590 g/mol. The summed E-state index contributed by atoms with van der Waals surface area (Å²) in [7, 11) is 0. The van der Waals surface area contributed by atoms with E-state index in [0.29, 0.717) is 103 Å². The average Bonchev–Trinajstić information content (AvgIpc) is 0.731. The van der Waals surface area contributed by atoms with Crippen LogP contribution in [0.4, 0.5) is 87.4 Å². The van der Waals surface area contributed by atoms with E-state index in [1.54, 1.807) is 172 Å². The number of nitrogens with one attached hydrogen (secondary N) is 4. The number of aryl methyl sites for hydroxylation is 9. The van der Waals surface area contributed by atoms with Crippen LogP contribution in [-0.4, -0.2) is 102 Å². The summed E-state index contributed by atoms with van der Waals surface area (Å²) in [6.45, 7) is 24.3. The maximum Gasteiger partial charge on any atom is 0.411 e. The number of aromatic nitrogens is 6. The summed E-state index contributed by atoms with van der Waals surface area (Å²) in [6, 6.07) is 53.0. The van der Waals surface area contributed by atoms with Crippen LogP contribution in [0.2, 0.25) is 0 Å². The minimum absolute atomic E-state index is 0.0631. The minimum Gasteiger partial charge on any atom is -0.449 e. The second-order valence-corrected chi connectivity index (χ2v) is 29.3. The van der Waals surface area contributed by atoms with Crippen LogP contribution in [0, 0.1) is 62.3 Å². The Hall–Kier alpha value is -15.6. The number of carbonyl (C=O) groups excluding carboxylic acids is 4. The molecule has 32 heteroatoms. The van der Waals surface area contributed by atoms with Gasteiger partial charge in [0.2, 0.25) is 0 Å². The minimum atomic E-state index is -1.24. The lowest BCUT2D eigenvalue weighted by molar-refractivity contribution is 0.159. The zero-order valence-corrected chi connectivity index (χ0v) is 71.6. The summed E-state index contributed by atoms with van der Waals surface area (Å²) in [5, 5.41) is 11.0. The Bertz CT molecular complexity index is 6330. The van der Waals surface area contributed by atoms with Gasteiger partial charge in [-0.3, -0.25) is 21.3 Å². The number of unbranched alkanes of at least 4 members (excludes halogenated alkanes) is 4. The third-order valence-corrected chi connectivity index (χ3v) is 19.9. The second-order valence-electron chi connectivity index (χ2n) is 29.3. The molecule has 0 saturated heterocycles. The molecule has 4 N–H and O–H groups in total. The predicted molar refractivity (Wildman–Crippen MR) is 485 cm³/mol. The average molecular weight is 1690 g/mol. The number of amides is 4. The molecule has 2 heterocycles. The highest BCUT2D eigenvalue weighted by atomic mass is 16.6. The van der Waals surface area contributed by atoms with E-state index in [-0.39, 0.29) is 88.9 Å². The summed E-state index contributed by atoms with van der Waals surface area (Å²) in [5.41, 5.74) is 0.427. The van der Waals surface area contributed by atoms with Crippen LogP contribution in [0.1, 0.15) is 129 Å². The highest BCUT2D eigenvalue weighted by Gasteiger charge is 2.27. The van der Waals surface area contributed by atoms with Crippen molar-refractivity contribution in [2.75, 3.05) is 47.7 Å². The molecule has 125 heavy (non-hydrogen) atoms. The van der Waals surface area contributed by atoms with Crippen molar-refractivity contribution in [1.82, 2.24) is 27.4 Å². The van der Waals surface area contributed by atoms with E-state index in [9.17, 15) is 19.2 Å². The fourth-order valence-corrected chi connectivity index (χ4v) is 12.5. The van der Waals surface area contributed by atoms with Gasteiger partial charge in [-0.15, -0.1) is 0 Å². The van der Waals surface area contributed by atoms with Crippen molar-refractivity contribution in [2.24, 2.45) is 39.9 Å².